The lowest BCUT2D eigenvalue weighted by Gasteiger charge is -2.34. The van der Waals surface area contributed by atoms with Gasteiger partial charge in [0, 0.05) is 18.8 Å². The Bertz CT molecular complexity index is 881. The minimum Gasteiger partial charge on any atom is -0.497 e. The van der Waals surface area contributed by atoms with E-state index in [2.05, 4.69) is 17.3 Å². The molecule has 140 valence electrons. The first kappa shape index (κ1) is 17.5. The molecular formula is C21H22N2O4. The minimum absolute atomic E-state index is 0.345. The summed E-state index contributed by atoms with van der Waals surface area (Å²) in [5.41, 5.74) is 1.68. The summed E-state index contributed by atoms with van der Waals surface area (Å²) in [5.74, 6) is 2.82. The van der Waals surface area contributed by atoms with Gasteiger partial charge in [-0.05, 0) is 54.8 Å². The third kappa shape index (κ3) is 3.28. The summed E-state index contributed by atoms with van der Waals surface area (Å²) in [6.45, 7) is 1.32. The molecule has 0 atom stereocenters. The zero-order valence-corrected chi connectivity index (χ0v) is 15.5. The monoisotopic (exact) mass is 366 g/mol. The van der Waals surface area contributed by atoms with E-state index in [0.29, 0.717) is 24.9 Å². The molecule has 6 nitrogen and oxygen atoms in total. The molecule has 3 aromatic rings. The van der Waals surface area contributed by atoms with E-state index in [1.165, 1.54) is 0 Å². The summed E-state index contributed by atoms with van der Waals surface area (Å²) in [4.78, 5) is 4.75. The van der Waals surface area contributed by atoms with Crippen LogP contribution in [-0.4, -0.2) is 37.6 Å². The lowest BCUT2D eigenvalue weighted by molar-refractivity contribution is 0.0523. The predicted octanol–water partition coefficient (Wildman–Crippen LogP) is 3.85. The summed E-state index contributed by atoms with van der Waals surface area (Å²) in [7, 11) is 3.31. The SMILES string of the molecule is COc1ccc(-c2noc(C3(c4ccc(OC)cc4)CCOCC3)n2)cc1. The normalized spacial score (nSPS) is 16.1. The van der Waals surface area contributed by atoms with Crippen molar-refractivity contribution in [2.45, 2.75) is 18.3 Å². The van der Waals surface area contributed by atoms with Crippen molar-refractivity contribution in [3.8, 4) is 22.9 Å². The van der Waals surface area contributed by atoms with Crippen molar-refractivity contribution in [2.24, 2.45) is 0 Å². The average molecular weight is 366 g/mol. The van der Waals surface area contributed by atoms with Crippen LogP contribution in [0.5, 0.6) is 11.5 Å². The summed E-state index contributed by atoms with van der Waals surface area (Å²) in [5, 5.41) is 4.23. The fourth-order valence-corrected chi connectivity index (χ4v) is 3.53. The van der Waals surface area contributed by atoms with Gasteiger partial charge in [0.25, 0.3) is 0 Å². The number of ether oxygens (including phenoxy) is 3. The molecule has 0 unspecified atom stereocenters. The van der Waals surface area contributed by atoms with Crippen LogP contribution in [0.15, 0.2) is 53.1 Å². The number of methoxy groups -OCH3 is 2. The molecule has 1 fully saturated rings. The quantitative estimate of drug-likeness (QED) is 0.683. The highest BCUT2D eigenvalue weighted by molar-refractivity contribution is 5.56. The first-order valence-electron chi connectivity index (χ1n) is 8.96. The number of aromatic nitrogens is 2. The van der Waals surface area contributed by atoms with E-state index < -0.39 is 0 Å². The zero-order valence-electron chi connectivity index (χ0n) is 15.5. The molecule has 6 heteroatoms. The molecule has 2 aromatic carbocycles. The van der Waals surface area contributed by atoms with Crippen molar-refractivity contribution in [2.75, 3.05) is 27.4 Å². The van der Waals surface area contributed by atoms with Crippen molar-refractivity contribution in [1.29, 1.82) is 0 Å². The van der Waals surface area contributed by atoms with E-state index in [1.807, 2.05) is 36.4 Å². The van der Waals surface area contributed by atoms with Crippen molar-refractivity contribution in [3.05, 3.63) is 60.0 Å². The van der Waals surface area contributed by atoms with Crippen LogP contribution >= 0.6 is 0 Å². The minimum atomic E-state index is -0.345. The van der Waals surface area contributed by atoms with Gasteiger partial charge in [0.2, 0.25) is 11.7 Å². The molecule has 0 spiro atoms. The van der Waals surface area contributed by atoms with E-state index in [4.69, 9.17) is 23.7 Å². The molecule has 27 heavy (non-hydrogen) atoms. The Morgan fingerprint density at radius 3 is 2.04 bits per heavy atom. The van der Waals surface area contributed by atoms with Gasteiger partial charge in [0.15, 0.2) is 0 Å². The van der Waals surface area contributed by atoms with Crippen LogP contribution in [0, 0.1) is 0 Å². The Balaban J connectivity index is 1.71. The van der Waals surface area contributed by atoms with Crippen LogP contribution in [0.3, 0.4) is 0 Å². The van der Waals surface area contributed by atoms with Gasteiger partial charge in [-0.15, -0.1) is 0 Å². The van der Waals surface area contributed by atoms with Crippen molar-refractivity contribution < 1.29 is 18.7 Å². The Morgan fingerprint density at radius 2 is 1.44 bits per heavy atom. The maximum absolute atomic E-state index is 5.75. The van der Waals surface area contributed by atoms with Crippen LogP contribution in [0.25, 0.3) is 11.4 Å². The molecular weight excluding hydrogens is 344 g/mol. The van der Waals surface area contributed by atoms with Crippen LogP contribution in [-0.2, 0) is 10.2 Å². The first-order chi connectivity index (χ1) is 13.2. The van der Waals surface area contributed by atoms with Crippen LogP contribution in [0.1, 0.15) is 24.3 Å². The fraction of sp³-hybridized carbons (Fsp3) is 0.333. The highest BCUT2D eigenvalue weighted by Crippen LogP contribution is 2.41. The predicted molar refractivity (Wildman–Crippen MR) is 100 cm³/mol. The highest BCUT2D eigenvalue weighted by atomic mass is 16.5. The zero-order chi connectivity index (χ0) is 18.7. The summed E-state index contributed by atoms with van der Waals surface area (Å²) < 4.78 is 21.9. The lowest BCUT2D eigenvalue weighted by atomic mass is 9.74. The number of benzene rings is 2. The van der Waals surface area contributed by atoms with Gasteiger partial charge in [-0.1, -0.05) is 17.3 Å². The molecule has 1 aliphatic heterocycles. The van der Waals surface area contributed by atoms with Gasteiger partial charge in [-0.3, -0.25) is 0 Å². The van der Waals surface area contributed by atoms with E-state index in [1.54, 1.807) is 14.2 Å². The molecule has 0 radical (unpaired) electrons. The van der Waals surface area contributed by atoms with Crippen LogP contribution in [0.4, 0.5) is 0 Å². The molecule has 0 bridgehead atoms. The van der Waals surface area contributed by atoms with Gasteiger partial charge in [-0.2, -0.15) is 4.98 Å². The molecule has 2 heterocycles. The lowest BCUT2D eigenvalue weighted by Crippen LogP contribution is -2.35. The smallest absolute Gasteiger partial charge is 0.237 e. The van der Waals surface area contributed by atoms with Crippen molar-refractivity contribution in [3.63, 3.8) is 0 Å². The highest BCUT2D eigenvalue weighted by Gasteiger charge is 2.41. The Morgan fingerprint density at radius 1 is 0.852 bits per heavy atom. The fourth-order valence-electron chi connectivity index (χ4n) is 3.53. The maximum Gasteiger partial charge on any atom is 0.237 e. The van der Waals surface area contributed by atoms with Gasteiger partial charge in [0.1, 0.15) is 11.5 Å². The van der Waals surface area contributed by atoms with Crippen molar-refractivity contribution >= 4 is 0 Å². The second-order valence-electron chi connectivity index (χ2n) is 6.57. The molecule has 1 aliphatic rings. The van der Waals surface area contributed by atoms with Gasteiger partial charge in [-0.25, -0.2) is 0 Å². The molecule has 4 rings (SSSR count). The van der Waals surface area contributed by atoms with Crippen LogP contribution < -0.4 is 9.47 Å². The van der Waals surface area contributed by atoms with E-state index in [0.717, 1.165) is 35.5 Å². The van der Waals surface area contributed by atoms with Gasteiger partial charge in [0.05, 0.1) is 19.6 Å². The molecule has 0 N–H and O–H groups in total. The number of hydrogen-bond acceptors (Lipinski definition) is 6. The largest absolute Gasteiger partial charge is 0.497 e. The third-order valence-electron chi connectivity index (χ3n) is 5.17. The Hall–Kier alpha value is -2.86. The Kier molecular flexibility index (Phi) is 4.81. The van der Waals surface area contributed by atoms with Gasteiger partial charge < -0.3 is 18.7 Å². The van der Waals surface area contributed by atoms with Gasteiger partial charge >= 0.3 is 0 Å². The maximum atomic E-state index is 5.75. The van der Waals surface area contributed by atoms with Crippen LogP contribution in [0.2, 0.25) is 0 Å². The topological polar surface area (TPSA) is 66.6 Å². The van der Waals surface area contributed by atoms with E-state index in [-0.39, 0.29) is 5.41 Å². The molecule has 0 amide bonds. The van der Waals surface area contributed by atoms with E-state index in [9.17, 15) is 0 Å². The molecule has 0 saturated carbocycles. The van der Waals surface area contributed by atoms with Crippen molar-refractivity contribution in [1.82, 2.24) is 10.1 Å². The Labute approximate surface area is 158 Å². The number of nitrogens with zero attached hydrogens (tertiary/aromatic N) is 2. The number of rotatable bonds is 5. The van der Waals surface area contributed by atoms with E-state index >= 15 is 0 Å². The first-order valence-corrected chi connectivity index (χ1v) is 8.96. The third-order valence-corrected chi connectivity index (χ3v) is 5.17. The second kappa shape index (κ2) is 7.40. The molecule has 1 aromatic heterocycles. The standard InChI is InChI=1S/C21H22N2O4/c1-24-17-7-3-15(4-8-17)19-22-20(27-23-19)21(11-13-26-14-12-21)16-5-9-18(25-2)10-6-16/h3-10H,11-14H2,1-2H3. The summed E-state index contributed by atoms with van der Waals surface area (Å²) >= 11 is 0. The molecule has 0 aliphatic carbocycles. The average Bonchev–Trinajstić information content (AvgIpc) is 3.25. The number of hydrogen-bond donors (Lipinski definition) is 0. The molecule has 1 saturated heterocycles. The summed E-state index contributed by atoms with van der Waals surface area (Å²) in [6, 6.07) is 15.7. The second-order valence-corrected chi connectivity index (χ2v) is 6.57. The summed E-state index contributed by atoms with van der Waals surface area (Å²) in [6.07, 6.45) is 1.59.